The molecule has 2 nitrogen and oxygen atoms in total. The van der Waals surface area contributed by atoms with Gasteiger partial charge in [0.2, 0.25) is 0 Å². The van der Waals surface area contributed by atoms with Gasteiger partial charge in [0.05, 0.1) is 0 Å². The van der Waals surface area contributed by atoms with Gasteiger partial charge in [-0.2, -0.15) is 0 Å². The highest BCUT2D eigenvalue weighted by atomic mass is 14.7. The van der Waals surface area contributed by atoms with Crippen LogP contribution >= 0.6 is 0 Å². The van der Waals surface area contributed by atoms with Crippen molar-refractivity contribution < 1.29 is 0 Å². The Bertz CT molecular complexity index is 241. The van der Waals surface area contributed by atoms with E-state index in [0.29, 0.717) is 12.1 Å². The molecule has 2 fully saturated rings. The van der Waals surface area contributed by atoms with E-state index in [1.165, 1.54) is 44.9 Å². The Kier molecular flexibility index (Phi) is 4.48. The molecule has 100 valence electrons. The predicted molar refractivity (Wildman–Crippen MR) is 73.6 cm³/mol. The van der Waals surface area contributed by atoms with Crippen molar-refractivity contribution in [3.63, 3.8) is 0 Å². The van der Waals surface area contributed by atoms with Gasteiger partial charge in [-0.1, -0.05) is 13.8 Å². The second-order valence-electron chi connectivity index (χ2n) is 6.87. The zero-order valence-corrected chi connectivity index (χ0v) is 11.6. The van der Waals surface area contributed by atoms with Crippen molar-refractivity contribution in [1.29, 1.82) is 0 Å². The standard InChI is InChI=1S/C15H30N2/c1-10-8-14(16)5-4-13(10)9-12-3-6-15(17)11(2)7-12/h10-15H,3-9,16-17H2,1-2H3. The number of hydrogen-bond donors (Lipinski definition) is 2. The quantitative estimate of drug-likeness (QED) is 0.777. The SMILES string of the molecule is CC1CC(CC2CCC(N)CC2C)CCC1N. The van der Waals surface area contributed by atoms with Crippen molar-refractivity contribution in [1.82, 2.24) is 0 Å². The molecule has 0 amide bonds. The first-order chi connectivity index (χ1) is 8.06. The molecule has 2 rings (SSSR count). The van der Waals surface area contributed by atoms with E-state index in [9.17, 15) is 0 Å². The summed E-state index contributed by atoms with van der Waals surface area (Å²) in [5.74, 6) is 3.44. The van der Waals surface area contributed by atoms with Gasteiger partial charge in [0.15, 0.2) is 0 Å². The maximum absolute atomic E-state index is 6.10. The molecule has 0 spiro atoms. The molecule has 6 unspecified atom stereocenters. The predicted octanol–water partition coefficient (Wildman–Crippen LogP) is 2.90. The third-order valence-electron chi connectivity index (χ3n) is 5.37. The van der Waals surface area contributed by atoms with Crippen molar-refractivity contribution in [2.24, 2.45) is 35.1 Å². The first-order valence-electron chi connectivity index (χ1n) is 7.57. The highest BCUT2D eigenvalue weighted by molar-refractivity contribution is 4.85. The van der Waals surface area contributed by atoms with Gasteiger partial charge in [0.1, 0.15) is 0 Å². The zero-order valence-electron chi connectivity index (χ0n) is 11.6. The summed E-state index contributed by atoms with van der Waals surface area (Å²) in [7, 11) is 0. The summed E-state index contributed by atoms with van der Waals surface area (Å²) < 4.78 is 0. The van der Waals surface area contributed by atoms with Crippen LogP contribution in [0, 0.1) is 23.7 Å². The van der Waals surface area contributed by atoms with Gasteiger partial charge in [-0.15, -0.1) is 0 Å². The molecular weight excluding hydrogens is 208 g/mol. The smallest absolute Gasteiger partial charge is 0.00647 e. The summed E-state index contributed by atoms with van der Waals surface area (Å²) in [5.41, 5.74) is 12.1. The normalized spacial score (nSPS) is 48.0. The Morgan fingerprint density at radius 1 is 0.882 bits per heavy atom. The Labute approximate surface area is 107 Å². The molecule has 0 heterocycles. The first-order valence-corrected chi connectivity index (χ1v) is 7.57. The third-order valence-corrected chi connectivity index (χ3v) is 5.37. The molecule has 0 aromatic rings. The van der Waals surface area contributed by atoms with E-state index in [1.807, 2.05) is 0 Å². The molecule has 0 saturated heterocycles. The molecular formula is C15H30N2. The van der Waals surface area contributed by atoms with Crippen LogP contribution in [0.4, 0.5) is 0 Å². The lowest BCUT2D eigenvalue weighted by molar-refractivity contribution is 0.154. The van der Waals surface area contributed by atoms with Crippen molar-refractivity contribution in [2.75, 3.05) is 0 Å². The number of hydrogen-bond acceptors (Lipinski definition) is 2. The highest BCUT2D eigenvalue weighted by Gasteiger charge is 2.31. The number of rotatable bonds is 2. The molecule has 0 aromatic carbocycles. The van der Waals surface area contributed by atoms with Crippen LogP contribution in [-0.4, -0.2) is 12.1 Å². The highest BCUT2D eigenvalue weighted by Crippen LogP contribution is 2.38. The lowest BCUT2D eigenvalue weighted by Crippen LogP contribution is -2.37. The second-order valence-corrected chi connectivity index (χ2v) is 6.87. The lowest BCUT2D eigenvalue weighted by atomic mass is 9.70. The molecule has 6 atom stereocenters. The van der Waals surface area contributed by atoms with E-state index < -0.39 is 0 Å². The van der Waals surface area contributed by atoms with E-state index in [1.54, 1.807) is 0 Å². The minimum atomic E-state index is 0.462. The van der Waals surface area contributed by atoms with E-state index in [0.717, 1.165) is 23.7 Å². The van der Waals surface area contributed by atoms with Gasteiger partial charge in [-0.3, -0.25) is 0 Å². The molecule has 0 bridgehead atoms. The summed E-state index contributed by atoms with van der Waals surface area (Å²) in [6.45, 7) is 4.73. The maximum Gasteiger partial charge on any atom is 0.00647 e. The monoisotopic (exact) mass is 238 g/mol. The van der Waals surface area contributed by atoms with Gasteiger partial charge in [0, 0.05) is 12.1 Å². The van der Waals surface area contributed by atoms with Crippen LogP contribution in [0.2, 0.25) is 0 Å². The van der Waals surface area contributed by atoms with Crippen LogP contribution < -0.4 is 11.5 Å². The van der Waals surface area contributed by atoms with E-state index in [2.05, 4.69) is 13.8 Å². The van der Waals surface area contributed by atoms with Crippen LogP contribution in [0.5, 0.6) is 0 Å². The summed E-state index contributed by atoms with van der Waals surface area (Å²) in [4.78, 5) is 0. The Morgan fingerprint density at radius 3 is 2.29 bits per heavy atom. The minimum Gasteiger partial charge on any atom is -0.328 e. The van der Waals surface area contributed by atoms with Crippen LogP contribution in [0.25, 0.3) is 0 Å². The molecule has 2 aliphatic rings. The summed E-state index contributed by atoms with van der Waals surface area (Å²) in [5, 5.41) is 0. The fourth-order valence-corrected chi connectivity index (χ4v) is 4.02. The summed E-state index contributed by atoms with van der Waals surface area (Å²) >= 11 is 0. The Balaban J connectivity index is 1.81. The van der Waals surface area contributed by atoms with Crippen molar-refractivity contribution in [3.05, 3.63) is 0 Å². The van der Waals surface area contributed by atoms with Gasteiger partial charge in [0.25, 0.3) is 0 Å². The van der Waals surface area contributed by atoms with Crippen LogP contribution in [0.1, 0.15) is 58.8 Å². The molecule has 17 heavy (non-hydrogen) atoms. The van der Waals surface area contributed by atoms with Gasteiger partial charge < -0.3 is 11.5 Å². The molecule has 0 radical (unpaired) electrons. The van der Waals surface area contributed by atoms with Gasteiger partial charge in [-0.25, -0.2) is 0 Å². The summed E-state index contributed by atoms with van der Waals surface area (Å²) in [6, 6.07) is 0.934. The Morgan fingerprint density at radius 2 is 1.65 bits per heavy atom. The lowest BCUT2D eigenvalue weighted by Gasteiger charge is -2.38. The topological polar surface area (TPSA) is 52.0 Å². The molecule has 2 saturated carbocycles. The first kappa shape index (κ1) is 13.4. The molecule has 2 heteroatoms. The fourth-order valence-electron chi connectivity index (χ4n) is 4.02. The van der Waals surface area contributed by atoms with Crippen LogP contribution in [0.15, 0.2) is 0 Å². The molecule has 4 N–H and O–H groups in total. The van der Waals surface area contributed by atoms with Crippen molar-refractivity contribution >= 4 is 0 Å². The molecule has 0 aliphatic heterocycles. The van der Waals surface area contributed by atoms with Gasteiger partial charge in [-0.05, 0) is 68.6 Å². The second kappa shape index (κ2) is 5.71. The van der Waals surface area contributed by atoms with E-state index >= 15 is 0 Å². The van der Waals surface area contributed by atoms with Crippen LogP contribution in [-0.2, 0) is 0 Å². The molecule has 0 aromatic heterocycles. The fraction of sp³-hybridized carbons (Fsp3) is 1.00. The van der Waals surface area contributed by atoms with Crippen molar-refractivity contribution in [2.45, 2.75) is 70.9 Å². The number of nitrogens with two attached hydrogens (primary N) is 2. The average molecular weight is 238 g/mol. The van der Waals surface area contributed by atoms with Gasteiger partial charge >= 0.3 is 0 Å². The van der Waals surface area contributed by atoms with Crippen molar-refractivity contribution in [3.8, 4) is 0 Å². The molecule has 2 aliphatic carbocycles. The van der Waals surface area contributed by atoms with Crippen LogP contribution in [0.3, 0.4) is 0 Å². The largest absolute Gasteiger partial charge is 0.328 e. The zero-order chi connectivity index (χ0) is 12.4. The minimum absolute atomic E-state index is 0.462. The maximum atomic E-state index is 6.10. The Hall–Kier alpha value is -0.0800. The van der Waals surface area contributed by atoms with E-state index in [-0.39, 0.29) is 0 Å². The van der Waals surface area contributed by atoms with E-state index in [4.69, 9.17) is 11.5 Å². The average Bonchev–Trinajstić information content (AvgIpc) is 2.27. The third kappa shape index (κ3) is 3.45. The summed E-state index contributed by atoms with van der Waals surface area (Å²) in [6.07, 6.45) is 9.25.